The summed E-state index contributed by atoms with van der Waals surface area (Å²) < 4.78 is 0. The van der Waals surface area contributed by atoms with Crippen molar-refractivity contribution in [2.75, 3.05) is 39.3 Å². The van der Waals surface area contributed by atoms with Gasteiger partial charge in [0.15, 0.2) is 0 Å². The van der Waals surface area contributed by atoms with Crippen LogP contribution in [0.1, 0.15) is 0 Å². The third kappa shape index (κ3) is 13.6. The molecule has 0 saturated heterocycles. The third-order valence-corrected chi connectivity index (χ3v) is 1.12. The topological polar surface area (TPSA) is 76.1 Å². The van der Waals surface area contributed by atoms with Crippen LogP contribution in [0.15, 0.2) is 0 Å². The molecule has 0 bridgehead atoms. The second-order valence-electron chi connectivity index (χ2n) is 2.08. The average molecular weight is 254 g/mol. The summed E-state index contributed by atoms with van der Waals surface area (Å²) in [6.45, 7) is 5.14. The van der Waals surface area contributed by atoms with E-state index < -0.39 is 0 Å². The molecule has 5 heteroatoms. The summed E-state index contributed by atoms with van der Waals surface area (Å²) in [4.78, 5) is 0. The van der Waals surface area contributed by atoms with E-state index in [0.29, 0.717) is 13.1 Å². The van der Waals surface area contributed by atoms with Crippen molar-refractivity contribution in [2.45, 2.75) is 0 Å². The fourth-order valence-electron chi connectivity index (χ4n) is 0.631. The molecule has 0 saturated carbocycles. The Bertz CT molecular complexity index is 54.5. The molecule has 11 heavy (non-hydrogen) atoms. The van der Waals surface area contributed by atoms with Crippen LogP contribution in [0.3, 0.4) is 0 Å². The van der Waals surface area contributed by atoms with Gasteiger partial charge in [-0.2, -0.15) is 0 Å². The first-order chi connectivity index (χ1) is 4.91. The van der Waals surface area contributed by atoms with Gasteiger partial charge in [-0.3, -0.25) is 0 Å². The fourth-order valence-corrected chi connectivity index (χ4v) is 0.631. The van der Waals surface area contributed by atoms with Crippen molar-refractivity contribution in [3.8, 4) is 0 Å². The number of rotatable bonds is 7. The second kappa shape index (κ2) is 13.2. The molecule has 0 rings (SSSR count). The second-order valence-corrected chi connectivity index (χ2v) is 2.08. The van der Waals surface area contributed by atoms with Crippen LogP contribution < -0.4 is 22.1 Å². The molecule has 0 spiro atoms. The first kappa shape index (κ1) is 14.1. The van der Waals surface area contributed by atoms with Gasteiger partial charge in [-0.25, -0.2) is 0 Å². The molecule has 73 valence electrons. The molecule has 0 aromatic rings. The molecule has 4 nitrogen and oxygen atoms in total. The van der Waals surface area contributed by atoms with Crippen molar-refractivity contribution in [2.24, 2.45) is 11.5 Å². The van der Waals surface area contributed by atoms with Crippen LogP contribution in [0.2, 0.25) is 0 Å². The summed E-state index contributed by atoms with van der Waals surface area (Å²) >= 11 is 0. The van der Waals surface area contributed by atoms with Crippen molar-refractivity contribution in [1.29, 1.82) is 0 Å². The molecule has 0 aromatic heterocycles. The van der Waals surface area contributed by atoms with Crippen molar-refractivity contribution in [1.82, 2.24) is 10.6 Å². The van der Waals surface area contributed by atoms with Crippen molar-refractivity contribution < 1.29 is 22.4 Å². The molecule has 0 aliphatic carbocycles. The molecular weight excluding hydrogens is 236 g/mol. The van der Waals surface area contributed by atoms with E-state index in [1.54, 1.807) is 0 Å². The maximum absolute atomic E-state index is 5.27. The molecule has 0 atom stereocenters. The zero-order chi connectivity index (χ0) is 7.66. The van der Waals surface area contributed by atoms with Gasteiger partial charge < -0.3 is 22.1 Å². The van der Waals surface area contributed by atoms with E-state index in [1.807, 2.05) is 0 Å². The van der Waals surface area contributed by atoms with E-state index in [9.17, 15) is 0 Å². The van der Waals surface area contributed by atoms with Gasteiger partial charge in [0, 0.05) is 61.6 Å². The SMILES string of the molecule is NCCNCCNCCN.[Ag]. The van der Waals surface area contributed by atoms with Crippen LogP contribution in [-0.4, -0.2) is 39.3 Å². The van der Waals surface area contributed by atoms with Crippen LogP contribution in [-0.2, 0) is 22.4 Å². The van der Waals surface area contributed by atoms with E-state index in [-0.39, 0.29) is 22.4 Å². The Kier molecular flexibility index (Phi) is 16.9. The van der Waals surface area contributed by atoms with Crippen molar-refractivity contribution in [3.05, 3.63) is 0 Å². The zero-order valence-corrected chi connectivity index (χ0v) is 8.18. The van der Waals surface area contributed by atoms with Gasteiger partial charge in [0.25, 0.3) is 0 Å². The maximum Gasteiger partial charge on any atom is 0.00772 e. The Morgan fingerprint density at radius 2 is 1.09 bits per heavy atom. The van der Waals surface area contributed by atoms with Crippen LogP contribution >= 0.6 is 0 Å². The minimum atomic E-state index is 0. The largest absolute Gasteiger partial charge is 0.329 e. The minimum Gasteiger partial charge on any atom is -0.329 e. The predicted molar refractivity (Wildman–Crippen MR) is 43.8 cm³/mol. The normalized spacial score (nSPS) is 9.27. The molecule has 0 aliphatic rings. The molecule has 0 unspecified atom stereocenters. The smallest absolute Gasteiger partial charge is 0.00772 e. The average Bonchev–Trinajstić information content (AvgIpc) is 1.97. The van der Waals surface area contributed by atoms with Gasteiger partial charge in [0.05, 0.1) is 0 Å². The minimum absolute atomic E-state index is 0. The summed E-state index contributed by atoms with van der Waals surface area (Å²) in [5.41, 5.74) is 10.5. The molecule has 0 aromatic carbocycles. The number of hydrogen-bond acceptors (Lipinski definition) is 4. The molecular formula is C6H18AgN4. The van der Waals surface area contributed by atoms with E-state index in [1.165, 1.54) is 0 Å². The summed E-state index contributed by atoms with van der Waals surface area (Å²) in [5.74, 6) is 0. The van der Waals surface area contributed by atoms with Gasteiger partial charge in [-0.05, 0) is 0 Å². The van der Waals surface area contributed by atoms with Crippen LogP contribution in [0.4, 0.5) is 0 Å². The van der Waals surface area contributed by atoms with Crippen LogP contribution in [0.25, 0.3) is 0 Å². The van der Waals surface area contributed by atoms with Crippen LogP contribution in [0, 0.1) is 0 Å². The van der Waals surface area contributed by atoms with E-state index in [4.69, 9.17) is 11.5 Å². The van der Waals surface area contributed by atoms with E-state index >= 15 is 0 Å². The first-order valence-corrected chi connectivity index (χ1v) is 3.73. The standard InChI is InChI=1S/C6H18N4.Ag/c7-1-3-9-5-6-10-4-2-8;/h9-10H,1-8H2;. The quantitative estimate of drug-likeness (QED) is 0.315. The molecule has 1 radical (unpaired) electrons. The summed E-state index contributed by atoms with van der Waals surface area (Å²) in [6, 6.07) is 0. The fraction of sp³-hybridized carbons (Fsp3) is 1.00. The summed E-state index contributed by atoms with van der Waals surface area (Å²) in [5, 5.41) is 6.33. The molecule has 0 fully saturated rings. The molecule has 0 amide bonds. The number of nitrogens with two attached hydrogens (primary N) is 2. The Morgan fingerprint density at radius 1 is 0.727 bits per heavy atom. The number of hydrogen-bond donors (Lipinski definition) is 4. The van der Waals surface area contributed by atoms with Gasteiger partial charge in [0.2, 0.25) is 0 Å². The Labute approximate surface area is 84.0 Å². The molecule has 0 heterocycles. The van der Waals surface area contributed by atoms with Gasteiger partial charge in [0.1, 0.15) is 0 Å². The molecule has 6 N–H and O–H groups in total. The van der Waals surface area contributed by atoms with Gasteiger partial charge >= 0.3 is 0 Å². The van der Waals surface area contributed by atoms with Gasteiger partial charge in [-0.1, -0.05) is 0 Å². The van der Waals surface area contributed by atoms with Gasteiger partial charge in [-0.15, -0.1) is 0 Å². The third-order valence-electron chi connectivity index (χ3n) is 1.12. The Hall–Kier alpha value is 0.580. The summed E-state index contributed by atoms with van der Waals surface area (Å²) in [7, 11) is 0. The maximum atomic E-state index is 5.27. The monoisotopic (exact) mass is 253 g/mol. The molecule has 0 aliphatic heterocycles. The summed E-state index contributed by atoms with van der Waals surface area (Å²) in [6.07, 6.45) is 0. The zero-order valence-electron chi connectivity index (χ0n) is 6.70. The van der Waals surface area contributed by atoms with Crippen molar-refractivity contribution in [3.63, 3.8) is 0 Å². The predicted octanol–water partition coefficient (Wildman–Crippen LogP) is -1.92. The van der Waals surface area contributed by atoms with E-state index in [0.717, 1.165) is 26.2 Å². The Morgan fingerprint density at radius 3 is 1.36 bits per heavy atom. The van der Waals surface area contributed by atoms with E-state index in [2.05, 4.69) is 10.6 Å². The first-order valence-electron chi connectivity index (χ1n) is 3.73. The number of nitrogens with one attached hydrogen (secondary N) is 2. The van der Waals surface area contributed by atoms with Crippen LogP contribution in [0.5, 0.6) is 0 Å². The Balaban J connectivity index is 0. The van der Waals surface area contributed by atoms with Crippen molar-refractivity contribution >= 4 is 0 Å².